The van der Waals surface area contributed by atoms with Crippen LogP contribution in [0.5, 0.6) is 5.75 Å². The Kier molecular flexibility index (Phi) is 3.03. The van der Waals surface area contributed by atoms with Crippen molar-refractivity contribution in [3.8, 4) is 5.75 Å². The Balaban J connectivity index is 2.68. The van der Waals surface area contributed by atoms with E-state index in [1.165, 1.54) is 18.4 Å². The molecule has 1 aromatic carbocycles. The highest BCUT2D eigenvalue weighted by Crippen LogP contribution is 2.37. The van der Waals surface area contributed by atoms with Gasteiger partial charge in [0, 0.05) is 10.4 Å². The molecule has 0 aliphatic rings. The first kappa shape index (κ1) is 11.2. The summed E-state index contributed by atoms with van der Waals surface area (Å²) in [6, 6.07) is 5.25. The molecule has 0 saturated heterocycles. The number of halogens is 1. The van der Waals surface area contributed by atoms with E-state index in [0.717, 1.165) is 10.1 Å². The number of esters is 1. The minimum absolute atomic E-state index is 0.362. The van der Waals surface area contributed by atoms with Crippen molar-refractivity contribution in [1.29, 1.82) is 0 Å². The number of rotatable bonds is 2. The number of carbonyl (C=O) groups excluding carboxylic acids is 1. The lowest BCUT2D eigenvalue weighted by atomic mass is 10.2. The SMILES string of the molecule is COC(=O)c1cc2c(Cl)ccc(OC)c2s1. The molecule has 0 spiro atoms. The maximum absolute atomic E-state index is 11.4. The molecular weight excluding hydrogens is 248 g/mol. The number of hydrogen-bond acceptors (Lipinski definition) is 4. The maximum atomic E-state index is 11.4. The van der Waals surface area contributed by atoms with Crippen molar-refractivity contribution in [3.05, 3.63) is 28.1 Å². The Hall–Kier alpha value is -1.26. The lowest BCUT2D eigenvalue weighted by Gasteiger charge is -2.01. The van der Waals surface area contributed by atoms with Crippen LogP contribution in [-0.2, 0) is 4.74 Å². The van der Waals surface area contributed by atoms with Crippen molar-refractivity contribution >= 4 is 39.0 Å². The molecule has 1 heterocycles. The van der Waals surface area contributed by atoms with Crippen LogP contribution in [0.1, 0.15) is 9.67 Å². The lowest BCUT2D eigenvalue weighted by molar-refractivity contribution is 0.0606. The summed E-state index contributed by atoms with van der Waals surface area (Å²) in [7, 11) is 2.94. The molecule has 5 heteroatoms. The van der Waals surface area contributed by atoms with E-state index in [4.69, 9.17) is 16.3 Å². The van der Waals surface area contributed by atoms with Gasteiger partial charge < -0.3 is 9.47 Å². The van der Waals surface area contributed by atoms with Crippen LogP contribution in [0.3, 0.4) is 0 Å². The predicted octanol–water partition coefficient (Wildman–Crippen LogP) is 3.35. The molecule has 0 atom stereocenters. The monoisotopic (exact) mass is 256 g/mol. The van der Waals surface area contributed by atoms with Crippen LogP contribution in [0.15, 0.2) is 18.2 Å². The molecule has 0 aliphatic carbocycles. The fourth-order valence-electron chi connectivity index (χ4n) is 1.43. The van der Waals surface area contributed by atoms with Crippen LogP contribution in [0, 0.1) is 0 Å². The summed E-state index contributed by atoms with van der Waals surface area (Å²) >= 11 is 7.36. The van der Waals surface area contributed by atoms with E-state index >= 15 is 0 Å². The molecule has 0 fully saturated rings. The molecule has 0 aliphatic heterocycles. The van der Waals surface area contributed by atoms with Crippen LogP contribution < -0.4 is 4.74 Å². The van der Waals surface area contributed by atoms with E-state index in [2.05, 4.69) is 4.74 Å². The summed E-state index contributed by atoms with van der Waals surface area (Å²) < 4.78 is 10.7. The van der Waals surface area contributed by atoms with E-state index in [0.29, 0.717) is 15.6 Å². The van der Waals surface area contributed by atoms with E-state index in [1.54, 1.807) is 25.3 Å². The largest absolute Gasteiger partial charge is 0.495 e. The average molecular weight is 257 g/mol. The number of carbonyl (C=O) groups is 1. The first-order chi connectivity index (χ1) is 7.67. The Morgan fingerprint density at radius 2 is 2.12 bits per heavy atom. The van der Waals surface area contributed by atoms with Gasteiger partial charge in [-0.3, -0.25) is 0 Å². The van der Waals surface area contributed by atoms with Crippen LogP contribution in [0.2, 0.25) is 5.02 Å². The summed E-state index contributed by atoms with van der Waals surface area (Å²) in [5, 5.41) is 1.41. The van der Waals surface area contributed by atoms with Gasteiger partial charge in [0.2, 0.25) is 0 Å². The zero-order valence-corrected chi connectivity index (χ0v) is 10.3. The van der Waals surface area contributed by atoms with Gasteiger partial charge in [-0.15, -0.1) is 11.3 Å². The van der Waals surface area contributed by atoms with Gasteiger partial charge in [-0.05, 0) is 18.2 Å². The zero-order chi connectivity index (χ0) is 11.7. The molecule has 0 unspecified atom stereocenters. The fourth-order valence-corrected chi connectivity index (χ4v) is 2.79. The number of methoxy groups -OCH3 is 2. The quantitative estimate of drug-likeness (QED) is 0.773. The van der Waals surface area contributed by atoms with Crippen molar-refractivity contribution in [2.24, 2.45) is 0 Å². The molecule has 0 N–H and O–H groups in total. The molecular formula is C11H9ClO3S. The first-order valence-electron chi connectivity index (χ1n) is 4.51. The van der Waals surface area contributed by atoms with Crippen molar-refractivity contribution < 1.29 is 14.3 Å². The highest BCUT2D eigenvalue weighted by atomic mass is 35.5. The minimum Gasteiger partial charge on any atom is -0.495 e. The van der Waals surface area contributed by atoms with Crippen LogP contribution in [0.25, 0.3) is 10.1 Å². The smallest absolute Gasteiger partial charge is 0.348 e. The Bertz CT molecular complexity index is 547. The molecule has 3 nitrogen and oxygen atoms in total. The summed E-state index contributed by atoms with van der Waals surface area (Å²) in [5.74, 6) is 0.346. The van der Waals surface area contributed by atoms with E-state index in [1.807, 2.05) is 0 Å². The van der Waals surface area contributed by atoms with Gasteiger partial charge in [-0.25, -0.2) is 4.79 Å². The van der Waals surface area contributed by atoms with E-state index in [9.17, 15) is 4.79 Å². The zero-order valence-electron chi connectivity index (χ0n) is 8.74. The fraction of sp³-hybridized carbons (Fsp3) is 0.182. The van der Waals surface area contributed by atoms with Crippen molar-refractivity contribution in [2.45, 2.75) is 0 Å². The third kappa shape index (κ3) is 1.74. The Labute approximate surface area is 102 Å². The molecule has 0 amide bonds. The summed E-state index contributed by atoms with van der Waals surface area (Å²) in [5.41, 5.74) is 0. The normalized spacial score (nSPS) is 10.4. The first-order valence-corrected chi connectivity index (χ1v) is 5.71. The van der Waals surface area contributed by atoms with Gasteiger partial charge in [-0.1, -0.05) is 11.6 Å². The van der Waals surface area contributed by atoms with Gasteiger partial charge in [-0.2, -0.15) is 0 Å². The summed E-state index contributed by atoms with van der Waals surface area (Å²) in [6.07, 6.45) is 0. The maximum Gasteiger partial charge on any atom is 0.348 e. The van der Waals surface area contributed by atoms with Gasteiger partial charge in [0.15, 0.2) is 0 Å². The van der Waals surface area contributed by atoms with Crippen LogP contribution in [0.4, 0.5) is 0 Å². The number of benzene rings is 1. The molecule has 1 aromatic heterocycles. The number of hydrogen-bond donors (Lipinski definition) is 0. The second-order valence-electron chi connectivity index (χ2n) is 3.09. The topological polar surface area (TPSA) is 35.5 Å². The molecule has 0 radical (unpaired) electrons. The summed E-state index contributed by atoms with van der Waals surface area (Å²) in [6.45, 7) is 0. The second-order valence-corrected chi connectivity index (χ2v) is 4.55. The third-order valence-corrected chi connectivity index (χ3v) is 3.66. The number of thiophene rings is 1. The average Bonchev–Trinajstić information content (AvgIpc) is 2.74. The van der Waals surface area contributed by atoms with E-state index < -0.39 is 0 Å². The Morgan fingerprint density at radius 3 is 2.75 bits per heavy atom. The van der Waals surface area contributed by atoms with Gasteiger partial charge in [0.1, 0.15) is 10.6 Å². The molecule has 0 bridgehead atoms. The van der Waals surface area contributed by atoms with Gasteiger partial charge in [0.25, 0.3) is 0 Å². The van der Waals surface area contributed by atoms with Crippen molar-refractivity contribution in [1.82, 2.24) is 0 Å². The standard InChI is InChI=1S/C11H9ClO3S/c1-14-8-4-3-7(12)6-5-9(11(13)15-2)16-10(6)8/h3-5H,1-2H3. The van der Waals surface area contributed by atoms with Crippen molar-refractivity contribution in [3.63, 3.8) is 0 Å². The molecule has 2 rings (SSSR count). The second kappa shape index (κ2) is 4.31. The van der Waals surface area contributed by atoms with Crippen molar-refractivity contribution in [2.75, 3.05) is 14.2 Å². The highest BCUT2D eigenvalue weighted by Gasteiger charge is 2.14. The molecule has 2 aromatic rings. The minimum atomic E-state index is -0.362. The molecule has 84 valence electrons. The van der Waals surface area contributed by atoms with Crippen LogP contribution in [-0.4, -0.2) is 20.2 Å². The molecule has 0 saturated carbocycles. The van der Waals surface area contributed by atoms with Crippen LogP contribution >= 0.6 is 22.9 Å². The Morgan fingerprint density at radius 1 is 1.38 bits per heavy atom. The predicted molar refractivity (Wildman–Crippen MR) is 64.7 cm³/mol. The number of ether oxygens (including phenoxy) is 2. The van der Waals surface area contributed by atoms with Gasteiger partial charge in [0.05, 0.1) is 18.9 Å². The molecule has 16 heavy (non-hydrogen) atoms. The highest BCUT2D eigenvalue weighted by molar-refractivity contribution is 7.21. The number of fused-ring (bicyclic) bond motifs is 1. The van der Waals surface area contributed by atoms with E-state index in [-0.39, 0.29) is 5.97 Å². The third-order valence-electron chi connectivity index (χ3n) is 2.20. The lowest BCUT2D eigenvalue weighted by Crippen LogP contribution is -1.96. The summed E-state index contributed by atoms with van der Waals surface area (Å²) in [4.78, 5) is 11.9. The van der Waals surface area contributed by atoms with Gasteiger partial charge >= 0.3 is 5.97 Å².